The topological polar surface area (TPSA) is 50.5 Å². The van der Waals surface area contributed by atoms with Crippen LogP contribution in [0.15, 0.2) is 93.4 Å². The second-order valence-electron chi connectivity index (χ2n) is 7.89. The van der Waals surface area contributed by atoms with E-state index in [2.05, 4.69) is 41.5 Å². The average Bonchev–Trinajstić information content (AvgIpc) is 3.45. The Labute approximate surface area is 213 Å². The smallest absolute Gasteiger partial charge is 0.174 e. The van der Waals surface area contributed by atoms with Crippen LogP contribution in [0.1, 0.15) is 29.1 Å². The number of hydrogen-bond donors (Lipinski definition) is 1. The highest BCUT2D eigenvalue weighted by atomic mass is 35.5. The molecule has 0 saturated carbocycles. The summed E-state index contributed by atoms with van der Waals surface area (Å²) in [7, 11) is 1.60. The summed E-state index contributed by atoms with van der Waals surface area (Å²) in [5, 5.41) is 5.33. The number of rotatable bonds is 6. The summed E-state index contributed by atoms with van der Waals surface area (Å²) < 4.78 is 11.7. The molecule has 0 aliphatic carbocycles. The van der Waals surface area contributed by atoms with Gasteiger partial charge in [0.2, 0.25) is 0 Å². The number of thiocarbonyl (C=S) groups is 1. The molecule has 1 N–H and O–H groups in total. The lowest BCUT2D eigenvalue weighted by Gasteiger charge is -2.26. The fourth-order valence-electron chi connectivity index (χ4n) is 4.00. The van der Waals surface area contributed by atoms with Crippen molar-refractivity contribution in [2.75, 3.05) is 12.0 Å². The van der Waals surface area contributed by atoms with E-state index in [1.165, 1.54) is 5.56 Å². The Balaban J connectivity index is 1.53. The summed E-state index contributed by atoms with van der Waals surface area (Å²) in [6.45, 7) is 2.08. The van der Waals surface area contributed by atoms with Gasteiger partial charge in [0, 0.05) is 16.8 Å². The van der Waals surface area contributed by atoms with Gasteiger partial charge in [0.05, 0.1) is 23.9 Å². The van der Waals surface area contributed by atoms with Crippen molar-refractivity contribution in [3.05, 3.63) is 101 Å². The molecule has 5 nitrogen and oxygen atoms in total. The lowest BCUT2D eigenvalue weighted by atomic mass is 10.0. The van der Waals surface area contributed by atoms with Gasteiger partial charge in [0.15, 0.2) is 10.2 Å². The van der Waals surface area contributed by atoms with Crippen molar-refractivity contribution < 1.29 is 9.15 Å². The minimum absolute atomic E-state index is 0.196. The molecule has 0 spiro atoms. The molecule has 0 radical (unpaired) electrons. The third-order valence-corrected chi connectivity index (χ3v) is 7.18. The van der Waals surface area contributed by atoms with Crippen LogP contribution in [-0.4, -0.2) is 17.2 Å². The Morgan fingerprint density at radius 3 is 2.62 bits per heavy atom. The van der Waals surface area contributed by atoms with Crippen molar-refractivity contribution in [3.8, 4) is 5.75 Å². The zero-order valence-electron chi connectivity index (χ0n) is 18.6. The number of furan rings is 1. The number of nitrogens with one attached hydrogen (secondary N) is 1. The largest absolute Gasteiger partial charge is 0.495 e. The van der Waals surface area contributed by atoms with Crippen LogP contribution in [0.4, 0.5) is 5.69 Å². The molecule has 0 amide bonds. The molecule has 0 unspecified atom stereocenters. The maximum absolute atomic E-state index is 6.45. The van der Waals surface area contributed by atoms with Crippen LogP contribution in [0.2, 0.25) is 5.02 Å². The van der Waals surface area contributed by atoms with Crippen LogP contribution in [0.5, 0.6) is 5.75 Å². The number of methoxy groups -OCH3 is 1. The fraction of sp³-hybridized carbons (Fsp3) is 0.154. The minimum Gasteiger partial charge on any atom is -0.495 e. The summed E-state index contributed by atoms with van der Waals surface area (Å²) in [5.74, 6) is 1.39. The van der Waals surface area contributed by atoms with Crippen LogP contribution in [-0.2, 0) is 0 Å². The van der Waals surface area contributed by atoms with Crippen molar-refractivity contribution in [3.63, 3.8) is 0 Å². The third-order valence-electron chi connectivity index (χ3n) is 5.64. The highest BCUT2D eigenvalue weighted by Gasteiger charge is 2.42. The van der Waals surface area contributed by atoms with Gasteiger partial charge < -0.3 is 19.4 Å². The molecule has 8 heteroatoms. The highest BCUT2D eigenvalue weighted by Crippen LogP contribution is 2.44. The van der Waals surface area contributed by atoms with Gasteiger partial charge in [-0.1, -0.05) is 47.1 Å². The van der Waals surface area contributed by atoms with E-state index in [1.807, 2.05) is 53.4 Å². The van der Waals surface area contributed by atoms with E-state index < -0.39 is 0 Å². The lowest BCUT2D eigenvalue weighted by Crippen LogP contribution is -2.29. The van der Waals surface area contributed by atoms with Crippen LogP contribution < -0.4 is 15.0 Å². The molecule has 2 atom stereocenters. The quantitative estimate of drug-likeness (QED) is 0.283. The van der Waals surface area contributed by atoms with Crippen molar-refractivity contribution in [2.24, 2.45) is 0 Å². The van der Waals surface area contributed by atoms with Gasteiger partial charge in [-0.15, -0.1) is 0 Å². The molecule has 5 rings (SSSR count). The van der Waals surface area contributed by atoms with Gasteiger partial charge in [-0.25, -0.2) is 0 Å². The number of nitrogens with zero attached hydrogens (tertiary/aromatic N) is 2. The third kappa shape index (κ3) is 4.51. The van der Waals surface area contributed by atoms with Crippen molar-refractivity contribution >= 4 is 46.4 Å². The van der Waals surface area contributed by atoms with E-state index in [-0.39, 0.29) is 12.1 Å². The van der Waals surface area contributed by atoms with Gasteiger partial charge in [-0.2, -0.15) is 0 Å². The van der Waals surface area contributed by atoms with Crippen molar-refractivity contribution in [2.45, 2.75) is 29.0 Å². The standard InChI is InChI=1S/C26H22ClN3O2S2/c1-16-6-9-18(10-7-16)34-23-13-12-22(32-23)25-24(20-5-3-4-14-28-20)29-26(33)30(25)17-8-11-21(31-2)19(27)15-17/h3-15,24-25H,1-2H3,(H,29,33)/t24-,25-/m0/s1. The number of aromatic nitrogens is 1. The van der Waals surface area contributed by atoms with E-state index in [4.69, 9.17) is 33.0 Å². The van der Waals surface area contributed by atoms with E-state index in [9.17, 15) is 0 Å². The molecular weight excluding hydrogens is 486 g/mol. The number of benzene rings is 2. The second-order valence-corrected chi connectivity index (χ2v) is 9.76. The molecule has 1 aliphatic rings. The van der Waals surface area contributed by atoms with Gasteiger partial charge in [0.25, 0.3) is 0 Å². The first-order chi connectivity index (χ1) is 16.5. The Kier molecular flexibility index (Phi) is 6.50. The number of aryl methyl sites for hydroxylation is 1. The Morgan fingerprint density at radius 2 is 1.91 bits per heavy atom. The molecule has 2 aromatic heterocycles. The highest BCUT2D eigenvalue weighted by molar-refractivity contribution is 7.99. The zero-order chi connectivity index (χ0) is 23.7. The molecule has 1 aliphatic heterocycles. The average molecular weight is 508 g/mol. The van der Waals surface area contributed by atoms with Gasteiger partial charge in [0.1, 0.15) is 17.6 Å². The monoisotopic (exact) mass is 507 g/mol. The maximum Gasteiger partial charge on any atom is 0.174 e. The van der Waals surface area contributed by atoms with Crippen LogP contribution in [0.3, 0.4) is 0 Å². The Hall–Kier alpha value is -3.00. The number of anilines is 1. The molecule has 34 heavy (non-hydrogen) atoms. The predicted molar refractivity (Wildman–Crippen MR) is 140 cm³/mol. The Morgan fingerprint density at radius 1 is 1.09 bits per heavy atom. The summed E-state index contributed by atoms with van der Waals surface area (Å²) in [6, 6.07) is 23.4. The van der Waals surface area contributed by atoms with Crippen molar-refractivity contribution in [1.29, 1.82) is 0 Å². The first-order valence-corrected chi connectivity index (χ1v) is 12.3. The van der Waals surface area contributed by atoms with Gasteiger partial charge in [-0.3, -0.25) is 4.98 Å². The molecular formula is C26H22ClN3O2S2. The van der Waals surface area contributed by atoms with E-state index in [1.54, 1.807) is 25.1 Å². The maximum atomic E-state index is 6.45. The van der Waals surface area contributed by atoms with E-state index in [0.717, 1.165) is 27.1 Å². The fourth-order valence-corrected chi connectivity index (χ4v) is 5.37. The predicted octanol–water partition coefficient (Wildman–Crippen LogP) is 6.97. The van der Waals surface area contributed by atoms with Crippen LogP contribution >= 0.6 is 35.6 Å². The normalized spacial score (nSPS) is 17.6. The lowest BCUT2D eigenvalue weighted by molar-refractivity contribution is 0.383. The van der Waals surface area contributed by atoms with Crippen molar-refractivity contribution in [1.82, 2.24) is 10.3 Å². The van der Waals surface area contributed by atoms with E-state index in [0.29, 0.717) is 15.9 Å². The second kappa shape index (κ2) is 9.70. The summed E-state index contributed by atoms with van der Waals surface area (Å²) >= 11 is 13.8. The van der Waals surface area contributed by atoms with Crippen LogP contribution in [0.25, 0.3) is 0 Å². The molecule has 1 saturated heterocycles. The molecule has 1 fully saturated rings. The number of ether oxygens (including phenoxy) is 1. The SMILES string of the molecule is COc1ccc(N2C(=S)N[C@@H](c3ccccn3)[C@@H]2c2ccc(Sc3ccc(C)cc3)o2)cc1Cl. The zero-order valence-corrected chi connectivity index (χ0v) is 21.0. The molecule has 0 bridgehead atoms. The summed E-state index contributed by atoms with van der Waals surface area (Å²) in [4.78, 5) is 7.73. The Bertz CT molecular complexity index is 1310. The molecule has 172 valence electrons. The number of halogens is 1. The van der Waals surface area contributed by atoms with Gasteiger partial charge in [-0.05, 0) is 73.7 Å². The first kappa shape index (κ1) is 22.8. The minimum atomic E-state index is -0.251. The summed E-state index contributed by atoms with van der Waals surface area (Å²) in [5.41, 5.74) is 2.94. The van der Waals surface area contributed by atoms with E-state index >= 15 is 0 Å². The van der Waals surface area contributed by atoms with Gasteiger partial charge >= 0.3 is 0 Å². The molecule has 4 aromatic rings. The first-order valence-electron chi connectivity index (χ1n) is 10.7. The summed E-state index contributed by atoms with van der Waals surface area (Å²) in [6.07, 6.45) is 1.78. The number of pyridine rings is 1. The van der Waals surface area contributed by atoms with Crippen LogP contribution in [0, 0.1) is 6.92 Å². The molecule has 3 heterocycles. The number of hydrogen-bond acceptors (Lipinski definition) is 5. The molecule has 2 aromatic carbocycles.